The molecule has 0 aromatic heterocycles. The van der Waals surface area contributed by atoms with Gasteiger partial charge in [-0.3, -0.25) is 9.98 Å². The van der Waals surface area contributed by atoms with E-state index in [1.165, 1.54) is 71.7 Å². The van der Waals surface area contributed by atoms with Crippen LogP contribution in [0.5, 0.6) is 0 Å². The van der Waals surface area contributed by atoms with Crippen LogP contribution in [0.1, 0.15) is 11.1 Å². The van der Waals surface area contributed by atoms with Crippen LogP contribution in [0, 0.1) is 0 Å². The Balaban J connectivity index is 0.918. The number of rotatable bonds is 9. The van der Waals surface area contributed by atoms with Gasteiger partial charge in [0.05, 0.1) is 22.7 Å². The van der Waals surface area contributed by atoms with Crippen molar-refractivity contribution in [1.82, 2.24) is 0 Å². The normalized spacial score (nSPS) is 11.9. The van der Waals surface area contributed by atoms with E-state index in [9.17, 15) is 0 Å². The molecule has 276 valence electrons. The zero-order valence-electron chi connectivity index (χ0n) is 32.1. The van der Waals surface area contributed by atoms with Crippen molar-refractivity contribution in [3.63, 3.8) is 0 Å². The molecule has 0 atom stereocenters. The summed E-state index contributed by atoms with van der Waals surface area (Å²) in [6.45, 7) is 9.14. The van der Waals surface area contributed by atoms with Crippen LogP contribution in [0.2, 0.25) is 0 Å². The smallest absolute Gasteiger partial charge is 0.0859 e. The predicted octanol–water partition coefficient (Wildman–Crippen LogP) is 14.6. The highest BCUT2D eigenvalue weighted by molar-refractivity contribution is 5.95. The van der Waals surface area contributed by atoms with Gasteiger partial charge in [0.1, 0.15) is 0 Å². The Morgan fingerprint density at radius 3 is 1.67 bits per heavy atom. The second kappa shape index (κ2) is 14.8. The van der Waals surface area contributed by atoms with Gasteiger partial charge in [-0.1, -0.05) is 121 Å². The Morgan fingerprint density at radius 1 is 0.448 bits per heavy atom. The number of para-hydroxylation sites is 6. The minimum absolute atomic E-state index is 0.710. The van der Waals surface area contributed by atoms with Crippen molar-refractivity contribution in [3.05, 3.63) is 205 Å². The maximum atomic E-state index is 4.32. The predicted molar refractivity (Wildman–Crippen MR) is 247 cm³/mol. The van der Waals surface area contributed by atoms with Crippen LogP contribution in [0.15, 0.2) is 204 Å². The van der Waals surface area contributed by atoms with E-state index in [1.807, 2.05) is 30.3 Å². The Kier molecular flexibility index (Phi) is 8.92. The number of hydrogen-bond acceptors (Lipinski definition) is 4. The lowest BCUT2D eigenvalue weighted by molar-refractivity contribution is 0.961. The van der Waals surface area contributed by atoms with Gasteiger partial charge >= 0.3 is 0 Å². The van der Waals surface area contributed by atoms with E-state index in [0.29, 0.717) is 6.54 Å². The summed E-state index contributed by atoms with van der Waals surface area (Å²) in [5, 5.41) is 4.88. The lowest BCUT2D eigenvalue weighted by Crippen LogP contribution is -2.21. The first kappa shape index (κ1) is 34.9. The lowest BCUT2D eigenvalue weighted by Gasteiger charge is -2.34. The molecule has 1 aliphatic rings. The Hall–Kier alpha value is -7.56. The summed E-state index contributed by atoms with van der Waals surface area (Å²) in [6.07, 6.45) is 0. The largest absolute Gasteiger partial charge is 0.335 e. The number of anilines is 4. The lowest BCUT2D eigenvalue weighted by atomic mass is 9.89. The maximum Gasteiger partial charge on any atom is 0.0859 e. The monoisotopic (exact) mass is 744 g/mol. The van der Waals surface area contributed by atoms with E-state index in [2.05, 4.69) is 197 Å². The number of aliphatic imine (C=N–C) groups is 2. The van der Waals surface area contributed by atoms with E-state index < -0.39 is 0 Å². The average molecular weight is 745 g/mol. The molecule has 0 saturated carbocycles. The first-order valence-electron chi connectivity index (χ1n) is 19.6. The fourth-order valence-electron chi connectivity index (χ4n) is 8.49. The molecular formula is C54H40N4. The second-order valence-electron chi connectivity index (χ2n) is 14.9. The molecule has 0 unspecified atom stereocenters. The molecule has 58 heavy (non-hydrogen) atoms. The molecule has 4 nitrogen and oxygen atoms in total. The third kappa shape index (κ3) is 6.41. The van der Waals surface area contributed by atoms with Gasteiger partial charge in [0.15, 0.2) is 0 Å². The van der Waals surface area contributed by atoms with Crippen LogP contribution in [0.3, 0.4) is 0 Å². The molecule has 9 aromatic carbocycles. The van der Waals surface area contributed by atoms with Gasteiger partial charge in [0, 0.05) is 30.0 Å². The summed E-state index contributed by atoms with van der Waals surface area (Å²) < 4.78 is 0. The number of nitrogens with zero attached hydrogens (tertiary/aromatic N) is 4. The summed E-state index contributed by atoms with van der Waals surface area (Å²) in [7, 11) is 0. The van der Waals surface area contributed by atoms with Crippen LogP contribution in [0.25, 0.3) is 54.9 Å². The molecule has 0 amide bonds. The maximum absolute atomic E-state index is 4.32. The van der Waals surface area contributed by atoms with Crippen molar-refractivity contribution >= 4 is 69.1 Å². The standard InChI is InChI=1S/C54H40N4/c1-55-50-15-7-10-18-53(50)57(47-12-4-3-5-13-47)35-37-20-21-39-31-40(23-22-38(39)30-37)41-24-25-43-33-44(27-26-42(43)32-41)45-28-29-46-36-58(54-19-11-8-16-51(54)56-2)52-17-9-6-14-48(52)49(46)34-45/h3-34H,1-2,35-36H2. The fraction of sp³-hybridized carbons (Fsp3) is 0.0370. The highest BCUT2D eigenvalue weighted by Gasteiger charge is 2.25. The van der Waals surface area contributed by atoms with Gasteiger partial charge in [-0.25, -0.2) is 0 Å². The van der Waals surface area contributed by atoms with E-state index in [1.54, 1.807) is 0 Å². The molecule has 0 spiro atoms. The van der Waals surface area contributed by atoms with Crippen molar-refractivity contribution in [1.29, 1.82) is 0 Å². The molecule has 10 rings (SSSR count). The van der Waals surface area contributed by atoms with Gasteiger partial charge in [0.2, 0.25) is 0 Å². The molecule has 0 aliphatic carbocycles. The molecule has 0 fully saturated rings. The van der Waals surface area contributed by atoms with Gasteiger partial charge in [-0.2, -0.15) is 0 Å². The van der Waals surface area contributed by atoms with E-state index >= 15 is 0 Å². The summed E-state index contributed by atoms with van der Waals surface area (Å²) in [6, 6.07) is 69.7. The van der Waals surface area contributed by atoms with Crippen LogP contribution < -0.4 is 9.80 Å². The first-order chi connectivity index (χ1) is 28.6. The number of hydrogen-bond donors (Lipinski definition) is 0. The van der Waals surface area contributed by atoms with Crippen molar-refractivity contribution in [3.8, 4) is 33.4 Å². The Morgan fingerprint density at radius 2 is 0.983 bits per heavy atom. The molecule has 0 bridgehead atoms. The Bertz CT molecular complexity index is 3020. The zero-order valence-corrected chi connectivity index (χ0v) is 32.1. The first-order valence-corrected chi connectivity index (χ1v) is 19.6. The zero-order chi connectivity index (χ0) is 39.0. The molecule has 1 heterocycles. The SMILES string of the molecule is C=Nc1ccccc1N(Cc1ccc2cc(-c3ccc4cc(-c5ccc6c(c5)-c5ccccc5N(c5ccccc5N=C)C6)ccc4c3)ccc2c1)c1ccccc1. The van der Waals surface area contributed by atoms with Crippen LogP contribution in [0.4, 0.5) is 34.1 Å². The molecular weight excluding hydrogens is 705 g/mol. The molecule has 1 aliphatic heterocycles. The molecule has 4 heteroatoms. The third-order valence-corrected chi connectivity index (χ3v) is 11.4. The second-order valence-corrected chi connectivity index (χ2v) is 14.9. The van der Waals surface area contributed by atoms with Crippen molar-refractivity contribution < 1.29 is 0 Å². The quantitative estimate of drug-likeness (QED) is 0.138. The van der Waals surface area contributed by atoms with E-state index in [-0.39, 0.29) is 0 Å². The Labute approximate surface area is 339 Å². The molecule has 0 radical (unpaired) electrons. The van der Waals surface area contributed by atoms with Crippen LogP contribution in [-0.4, -0.2) is 13.4 Å². The molecule has 0 N–H and O–H groups in total. The van der Waals surface area contributed by atoms with Gasteiger partial charge in [-0.05, 0) is 147 Å². The topological polar surface area (TPSA) is 31.2 Å². The minimum atomic E-state index is 0.710. The fourth-order valence-corrected chi connectivity index (χ4v) is 8.49. The van der Waals surface area contributed by atoms with Gasteiger partial charge in [-0.15, -0.1) is 0 Å². The summed E-state index contributed by atoms with van der Waals surface area (Å²) in [5.74, 6) is 0. The van der Waals surface area contributed by atoms with Gasteiger partial charge in [0.25, 0.3) is 0 Å². The van der Waals surface area contributed by atoms with Gasteiger partial charge < -0.3 is 9.80 Å². The van der Waals surface area contributed by atoms with Crippen LogP contribution >= 0.6 is 0 Å². The third-order valence-electron chi connectivity index (χ3n) is 11.4. The molecule has 9 aromatic rings. The van der Waals surface area contributed by atoms with Crippen molar-refractivity contribution in [2.75, 3.05) is 9.80 Å². The summed E-state index contributed by atoms with van der Waals surface area (Å²) >= 11 is 0. The average Bonchev–Trinajstić information content (AvgIpc) is 3.30. The highest BCUT2D eigenvalue weighted by atomic mass is 15.2. The highest BCUT2D eigenvalue weighted by Crippen LogP contribution is 2.46. The van der Waals surface area contributed by atoms with Crippen LogP contribution in [-0.2, 0) is 13.1 Å². The summed E-state index contributed by atoms with van der Waals surface area (Å²) in [5.41, 5.74) is 16.0. The number of fused-ring (bicyclic) bond motifs is 5. The summed E-state index contributed by atoms with van der Waals surface area (Å²) in [4.78, 5) is 13.3. The minimum Gasteiger partial charge on any atom is -0.335 e. The van der Waals surface area contributed by atoms with Crippen molar-refractivity contribution in [2.45, 2.75) is 13.1 Å². The van der Waals surface area contributed by atoms with Crippen molar-refractivity contribution in [2.24, 2.45) is 9.98 Å². The number of benzene rings is 9. The van der Waals surface area contributed by atoms with E-state index in [4.69, 9.17) is 0 Å². The van der Waals surface area contributed by atoms with E-state index in [0.717, 1.165) is 35.0 Å². The molecule has 0 saturated heterocycles.